The van der Waals surface area contributed by atoms with Crippen molar-refractivity contribution in [2.45, 2.75) is 32.3 Å². The molecule has 0 saturated carbocycles. The van der Waals surface area contributed by atoms with E-state index in [1.165, 1.54) is 0 Å². The molecule has 5 nitrogen and oxygen atoms in total. The predicted molar refractivity (Wildman–Crippen MR) is 69.8 cm³/mol. The minimum atomic E-state index is -0.684. The van der Waals surface area contributed by atoms with E-state index < -0.39 is 5.60 Å². The number of methoxy groups -OCH3 is 1. The Labute approximate surface area is 108 Å². The first-order chi connectivity index (χ1) is 8.54. The molecular formula is C13H21N3O2. The lowest BCUT2D eigenvalue weighted by Gasteiger charge is -2.38. The van der Waals surface area contributed by atoms with Crippen LogP contribution in [-0.2, 0) is 4.74 Å². The highest BCUT2D eigenvalue weighted by molar-refractivity contribution is 5.43. The number of hydrogen-bond donors (Lipinski definition) is 1. The van der Waals surface area contributed by atoms with Crippen LogP contribution in [0.15, 0.2) is 6.20 Å². The maximum Gasteiger partial charge on any atom is 0.150 e. The van der Waals surface area contributed by atoms with E-state index in [1.807, 2.05) is 13.8 Å². The number of nitrogens with zero attached hydrogens (tertiary/aromatic N) is 3. The lowest BCUT2D eigenvalue weighted by atomic mass is 9.92. The summed E-state index contributed by atoms with van der Waals surface area (Å²) >= 11 is 0. The first-order valence-electron chi connectivity index (χ1n) is 6.30. The molecule has 1 aliphatic rings. The third-order valence-corrected chi connectivity index (χ3v) is 3.46. The Hall–Kier alpha value is -1.20. The van der Waals surface area contributed by atoms with Gasteiger partial charge in [-0.1, -0.05) is 0 Å². The van der Waals surface area contributed by atoms with Gasteiger partial charge in [0, 0.05) is 26.4 Å². The van der Waals surface area contributed by atoms with E-state index in [4.69, 9.17) is 4.74 Å². The van der Waals surface area contributed by atoms with E-state index >= 15 is 0 Å². The van der Waals surface area contributed by atoms with Gasteiger partial charge < -0.3 is 14.7 Å². The van der Waals surface area contributed by atoms with Gasteiger partial charge in [0.1, 0.15) is 5.82 Å². The zero-order valence-electron chi connectivity index (χ0n) is 11.3. The molecule has 0 unspecified atom stereocenters. The molecule has 5 heteroatoms. The summed E-state index contributed by atoms with van der Waals surface area (Å²) in [7, 11) is 1.63. The molecule has 2 heterocycles. The highest BCUT2D eigenvalue weighted by Gasteiger charge is 2.33. The molecule has 0 aliphatic carbocycles. The lowest BCUT2D eigenvalue weighted by molar-refractivity contribution is -0.0472. The summed E-state index contributed by atoms with van der Waals surface area (Å²) < 4.78 is 5.07. The Morgan fingerprint density at radius 2 is 2.06 bits per heavy atom. The molecule has 1 aromatic heterocycles. The second kappa shape index (κ2) is 5.20. The first-order valence-corrected chi connectivity index (χ1v) is 6.30. The smallest absolute Gasteiger partial charge is 0.150 e. The summed E-state index contributed by atoms with van der Waals surface area (Å²) in [5.41, 5.74) is 1.18. The highest BCUT2D eigenvalue weighted by atomic mass is 16.5. The largest absolute Gasteiger partial charge is 0.387 e. The van der Waals surface area contributed by atoms with Gasteiger partial charge in [-0.15, -0.1) is 0 Å². The molecule has 1 aliphatic heterocycles. The average Bonchev–Trinajstić information content (AvgIpc) is 2.34. The van der Waals surface area contributed by atoms with Gasteiger partial charge >= 0.3 is 0 Å². The van der Waals surface area contributed by atoms with E-state index in [-0.39, 0.29) is 0 Å². The average molecular weight is 251 g/mol. The molecule has 2 rings (SSSR count). The molecule has 0 bridgehead atoms. The van der Waals surface area contributed by atoms with Crippen molar-refractivity contribution < 1.29 is 9.84 Å². The fraction of sp³-hybridized carbons (Fsp3) is 0.692. The van der Waals surface area contributed by atoms with Gasteiger partial charge in [0.2, 0.25) is 0 Å². The van der Waals surface area contributed by atoms with Crippen LogP contribution in [0.4, 0.5) is 5.82 Å². The van der Waals surface area contributed by atoms with Crippen LogP contribution in [-0.4, -0.2) is 47.5 Å². The quantitative estimate of drug-likeness (QED) is 0.871. The molecule has 0 spiro atoms. The van der Waals surface area contributed by atoms with Crippen LogP contribution in [0.3, 0.4) is 0 Å². The lowest BCUT2D eigenvalue weighted by Crippen LogP contribution is -2.47. The Morgan fingerprint density at radius 3 is 2.67 bits per heavy atom. The van der Waals surface area contributed by atoms with Gasteiger partial charge in [-0.2, -0.15) is 0 Å². The van der Waals surface area contributed by atoms with Gasteiger partial charge in [0.05, 0.1) is 23.6 Å². The van der Waals surface area contributed by atoms with Crippen LogP contribution < -0.4 is 4.90 Å². The van der Waals surface area contributed by atoms with Crippen molar-refractivity contribution in [2.75, 3.05) is 31.7 Å². The SMILES string of the molecule is COCC1(O)CCN(c2nc(C)cnc2C)CC1. The monoisotopic (exact) mass is 251 g/mol. The topological polar surface area (TPSA) is 58.5 Å². The van der Waals surface area contributed by atoms with Crippen molar-refractivity contribution in [1.82, 2.24) is 9.97 Å². The molecule has 1 aromatic rings. The van der Waals surface area contributed by atoms with Crippen molar-refractivity contribution in [1.29, 1.82) is 0 Å². The minimum Gasteiger partial charge on any atom is -0.387 e. The highest BCUT2D eigenvalue weighted by Crippen LogP contribution is 2.26. The molecule has 0 atom stereocenters. The zero-order chi connectivity index (χ0) is 13.2. The number of aliphatic hydroxyl groups is 1. The number of hydrogen-bond acceptors (Lipinski definition) is 5. The van der Waals surface area contributed by atoms with Crippen LogP contribution in [0.1, 0.15) is 24.2 Å². The summed E-state index contributed by atoms with van der Waals surface area (Å²) in [6.07, 6.45) is 3.19. The van der Waals surface area contributed by atoms with Crippen LogP contribution in [0, 0.1) is 13.8 Å². The van der Waals surface area contributed by atoms with Gasteiger partial charge in [0.25, 0.3) is 0 Å². The van der Waals surface area contributed by atoms with Crippen molar-refractivity contribution in [3.05, 3.63) is 17.6 Å². The summed E-state index contributed by atoms with van der Waals surface area (Å²) in [5.74, 6) is 0.939. The van der Waals surface area contributed by atoms with E-state index in [9.17, 15) is 5.11 Å². The van der Waals surface area contributed by atoms with Crippen LogP contribution in [0.25, 0.3) is 0 Å². The number of rotatable bonds is 3. The first kappa shape index (κ1) is 13.2. The summed E-state index contributed by atoms with van der Waals surface area (Å²) in [6, 6.07) is 0. The van der Waals surface area contributed by atoms with Gasteiger partial charge in [-0.3, -0.25) is 4.98 Å². The Bertz CT molecular complexity index is 415. The fourth-order valence-corrected chi connectivity index (χ4v) is 2.37. The summed E-state index contributed by atoms with van der Waals surface area (Å²) in [4.78, 5) is 11.1. The fourth-order valence-electron chi connectivity index (χ4n) is 2.37. The normalized spacial score (nSPS) is 19.0. The predicted octanol–water partition coefficient (Wildman–Crippen LogP) is 1.07. The molecule has 0 aromatic carbocycles. The van der Waals surface area contributed by atoms with Crippen LogP contribution in [0.5, 0.6) is 0 Å². The summed E-state index contributed by atoms with van der Waals surface area (Å²) in [6.45, 7) is 5.90. The van der Waals surface area contributed by atoms with E-state index in [0.29, 0.717) is 19.4 Å². The van der Waals surface area contributed by atoms with E-state index in [1.54, 1.807) is 13.3 Å². The Kier molecular flexibility index (Phi) is 3.82. The Morgan fingerprint density at radius 1 is 1.39 bits per heavy atom. The molecule has 0 radical (unpaired) electrons. The molecule has 1 saturated heterocycles. The second-order valence-corrected chi connectivity index (χ2v) is 5.06. The number of piperidine rings is 1. The van der Waals surface area contributed by atoms with Crippen LogP contribution >= 0.6 is 0 Å². The van der Waals surface area contributed by atoms with Crippen molar-refractivity contribution >= 4 is 5.82 Å². The van der Waals surface area contributed by atoms with Gasteiger partial charge in [0.15, 0.2) is 0 Å². The van der Waals surface area contributed by atoms with Crippen LogP contribution in [0.2, 0.25) is 0 Å². The maximum atomic E-state index is 10.3. The molecule has 100 valence electrons. The number of aryl methyl sites for hydroxylation is 2. The van der Waals surface area contributed by atoms with E-state index in [0.717, 1.165) is 30.3 Å². The molecule has 1 N–H and O–H groups in total. The number of ether oxygens (including phenoxy) is 1. The molecular weight excluding hydrogens is 230 g/mol. The van der Waals surface area contributed by atoms with Gasteiger partial charge in [-0.25, -0.2) is 4.98 Å². The third kappa shape index (κ3) is 2.79. The van der Waals surface area contributed by atoms with Crippen molar-refractivity contribution in [3.63, 3.8) is 0 Å². The molecule has 0 amide bonds. The van der Waals surface area contributed by atoms with Crippen molar-refractivity contribution in [2.24, 2.45) is 0 Å². The van der Waals surface area contributed by atoms with E-state index in [2.05, 4.69) is 14.9 Å². The Balaban J connectivity index is 2.07. The third-order valence-electron chi connectivity index (χ3n) is 3.46. The number of anilines is 1. The van der Waals surface area contributed by atoms with Crippen molar-refractivity contribution in [3.8, 4) is 0 Å². The minimum absolute atomic E-state index is 0.402. The zero-order valence-corrected chi connectivity index (χ0v) is 11.3. The summed E-state index contributed by atoms with van der Waals surface area (Å²) in [5, 5.41) is 10.3. The standard InChI is InChI=1S/C13H21N3O2/c1-10-8-14-11(2)12(15-10)16-6-4-13(17,5-7-16)9-18-3/h8,17H,4-7,9H2,1-3H3. The second-order valence-electron chi connectivity index (χ2n) is 5.06. The number of aromatic nitrogens is 2. The molecule has 1 fully saturated rings. The molecule has 18 heavy (non-hydrogen) atoms. The maximum absolute atomic E-state index is 10.3. The van der Waals surface area contributed by atoms with Gasteiger partial charge in [-0.05, 0) is 26.7 Å².